The number of nitrogens with zero attached hydrogens (tertiary/aromatic N) is 1. The lowest BCUT2D eigenvalue weighted by Crippen LogP contribution is -1.86. The average Bonchev–Trinajstić information content (AvgIpc) is 2.17. The number of hydrogen-bond acceptors (Lipinski definition) is 2. The minimum atomic E-state index is -0.382. The Bertz CT molecular complexity index is 465. The van der Waals surface area contributed by atoms with Crippen LogP contribution in [0, 0.1) is 10.1 Å². The Hall–Kier alpha value is -1.90. The van der Waals surface area contributed by atoms with Crippen LogP contribution in [0.1, 0.15) is 0 Å². The molecule has 0 saturated heterocycles. The topological polar surface area (TPSA) is 43.1 Å². The van der Waals surface area contributed by atoms with Gasteiger partial charge in [0, 0.05) is 12.1 Å². The maximum absolute atomic E-state index is 10.5. The van der Waals surface area contributed by atoms with Crippen LogP contribution in [0.4, 0.5) is 5.69 Å². The van der Waals surface area contributed by atoms with Crippen LogP contribution < -0.4 is 0 Å². The van der Waals surface area contributed by atoms with Crippen molar-refractivity contribution in [2.75, 3.05) is 0 Å². The molecule has 0 radical (unpaired) electrons. The minimum Gasteiger partial charge on any atom is -0.258 e. The molecule has 0 unspecified atom stereocenters. The van der Waals surface area contributed by atoms with Crippen molar-refractivity contribution in [3.05, 3.63) is 52.6 Å². The summed E-state index contributed by atoms with van der Waals surface area (Å²) in [5.41, 5.74) is 0.138. The lowest BCUT2D eigenvalue weighted by atomic mass is 10.1. The van der Waals surface area contributed by atoms with Gasteiger partial charge in [-0.1, -0.05) is 24.3 Å². The van der Waals surface area contributed by atoms with E-state index in [0.29, 0.717) is 0 Å². The number of nitro groups is 1. The molecule has 0 heterocycles. The molecule has 2 aromatic rings. The van der Waals surface area contributed by atoms with Gasteiger partial charge >= 0.3 is 0 Å². The van der Waals surface area contributed by atoms with Gasteiger partial charge in [-0.25, -0.2) is 0 Å². The lowest BCUT2D eigenvalue weighted by Gasteiger charge is -1.95. The highest BCUT2D eigenvalue weighted by Gasteiger charge is 2.04. The van der Waals surface area contributed by atoms with Crippen molar-refractivity contribution in [3.8, 4) is 0 Å². The quantitative estimate of drug-likeness (QED) is 0.491. The maximum atomic E-state index is 10.5. The second-order valence-corrected chi connectivity index (χ2v) is 2.79. The maximum Gasteiger partial charge on any atom is 0.270 e. The zero-order valence-corrected chi connectivity index (χ0v) is 6.81. The molecule has 0 aliphatic heterocycles. The number of rotatable bonds is 1. The molecule has 0 aromatic heterocycles. The second kappa shape index (κ2) is 2.86. The summed E-state index contributed by atoms with van der Waals surface area (Å²) in [6.07, 6.45) is 0. The van der Waals surface area contributed by atoms with E-state index in [2.05, 4.69) is 0 Å². The molecular weight excluding hydrogens is 166 g/mol. The van der Waals surface area contributed by atoms with Gasteiger partial charge in [-0.2, -0.15) is 0 Å². The molecule has 0 atom stereocenters. The van der Waals surface area contributed by atoms with Crippen molar-refractivity contribution in [2.24, 2.45) is 0 Å². The molecule has 0 amide bonds. The Balaban J connectivity index is 2.69. The van der Waals surface area contributed by atoms with Crippen molar-refractivity contribution >= 4 is 16.5 Å². The fourth-order valence-corrected chi connectivity index (χ4v) is 1.29. The fourth-order valence-electron chi connectivity index (χ4n) is 1.29. The molecule has 0 fully saturated rings. The Kier molecular flexibility index (Phi) is 1.70. The van der Waals surface area contributed by atoms with Gasteiger partial charge in [0.25, 0.3) is 5.69 Å². The predicted molar refractivity (Wildman–Crippen MR) is 50.6 cm³/mol. The van der Waals surface area contributed by atoms with E-state index < -0.39 is 0 Å². The highest BCUT2D eigenvalue weighted by atomic mass is 16.6. The van der Waals surface area contributed by atoms with Crippen LogP contribution in [0.25, 0.3) is 10.8 Å². The third-order valence-electron chi connectivity index (χ3n) is 1.94. The van der Waals surface area contributed by atoms with Crippen LogP contribution in [-0.2, 0) is 0 Å². The first kappa shape index (κ1) is 7.73. The van der Waals surface area contributed by atoms with Gasteiger partial charge in [-0.3, -0.25) is 10.1 Å². The molecule has 0 N–H and O–H groups in total. The smallest absolute Gasteiger partial charge is 0.258 e. The molecule has 0 saturated carbocycles. The van der Waals surface area contributed by atoms with E-state index in [0.717, 1.165) is 10.8 Å². The lowest BCUT2D eigenvalue weighted by molar-refractivity contribution is -0.384. The standard InChI is InChI=1S/C10H7NO2/c12-11(13)10-6-5-8-3-1-2-4-9(8)7-10/h1-7H. The van der Waals surface area contributed by atoms with Crippen molar-refractivity contribution in [1.29, 1.82) is 0 Å². The first-order chi connectivity index (χ1) is 6.27. The van der Waals surface area contributed by atoms with Gasteiger partial charge in [0.15, 0.2) is 0 Å². The molecule has 13 heavy (non-hydrogen) atoms. The summed E-state index contributed by atoms with van der Waals surface area (Å²) in [5.74, 6) is 0. The highest BCUT2D eigenvalue weighted by Crippen LogP contribution is 2.19. The molecule has 0 aliphatic carbocycles. The number of nitro benzene ring substituents is 1. The molecule has 0 bridgehead atoms. The summed E-state index contributed by atoms with van der Waals surface area (Å²) in [5, 5.41) is 12.4. The van der Waals surface area contributed by atoms with Crippen LogP contribution in [0.2, 0.25) is 0 Å². The average molecular weight is 173 g/mol. The second-order valence-electron chi connectivity index (χ2n) is 2.79. The third kappa shape index (κ3) is 1.36. The first-order valence-corrected chi connectivity index (χ1v) is 3.90. The van der Waals surface area contributed by atoms with Gasteiger partial charge in [0.05, 0.1) is 4.92 Å². The van der Waals surface area contributed by atoms with Crippen LogP contribution in [0.3, 0.4) is 0 Å². The van der Waals surface area contributed by atoms with Gasteiger partial charge in [-0.05, 0) is 16.8 Å². The fraction of sp³-hybridized carbons (Fsp3) is 0. The van der Waals surface area contributed by atoms with E-state index in [1.807, 2.05) is 24.3 Å². The van der Waals surface area contributed by atoms with Crippen molar-refractivity contribution in [3.63, 3.8) is 0 Å². The van der Waals surface area contributed by atoms with Crippen molar-refractivity contribution in [2.45, 2.75) is 0 Å². The van der Waals surface area contributed by atoms with Crippen LogP contribution in [0.5, 0.6) is 0 Å². The van der Waals surface area contributed by atoms with E-state index >= 15 is 0 Å². The number of hydrogen-bond donors (Lipinski definition) is 0. The van der Waals surface area contributed by atoms with E-state index in [9.17, 15) is 10.1 Å². The predicted octanol–water partition coefficient (Wildman–Crippen LogP) is 2.75. The first-order valence-electron chi connectivity index (χ1n) is 3.90. The van der Waals surface area contributed by atoms with Gasteiger partial charge in [0.2, 0.25) is 0 Å². The Labute approximate surface area is 74.8 Å². The number of benzene rings is 2. The van der Waals surface area contributed by atoms with E-state index in [4.69, 9.17) is 0 Å². The summed E-state index contributed by atoms with van der Waals surface area (Å²) < 4.78 is 0. The number of non-ortho nitro benzene ring substituents is 1. The summed E-state index contributed by atoms with van der Waals surface area (Å²) in [4.78, 5) is 10.1. The Morgan fingerprint density at radius 3 is 2.38 bits per heavy atom. The molecule has 0 aliphatic rings. The summed E-state index contributed by atoms with van der Waals surface area (Å²) in [7, 11) is 0. The van der Waals surface area contributed by atoms with E-state index in [-0.39, 0.29) is 10.6 Å². The molecule has 0 spiro atoms. The monoisotopic (exact) mass is 173 g/mol. The molecule has 64 valence electrons. The molecular formula is C10H7NO2. The van der Waals surface area contributed by atoms with Crippen molar-refractivity contribution in [1.82, 2.24) is 0 Å². The van der Waals surface area contributed by atoms with Crippen molar-refractivity contribution < 1.29 is 4.92 Å². The molecule has 2 rings (SSSR count). The van der Waals surface area contributed by atoms with Crippen LogP contribution in [-0.4, -0.2) is 4.92 Å². The molecule has 3 nitrogen and oxygen atoms in total. The molecule has 2 aromatic carbocycles. The van der Waals surface area contributed by atoms with Gasteiger partial charge in [-0.15, -0.1) is 0 Å². The van der Waals surface area contributed by atoms with E-state index in [1.54, 1.807) is 12.1 Å². The largest absolute Gasteiger partial charge is 0.270 e. The third-order valence-corrected chi connectivity index (χ3v) is 1.94. The van der Waals surface area contributed by atoms with E-state index in [1.165, 1.54) is 6.07 Å². The summed E-state index contributed by atoms with van der Waals surface area (Å²) in [6.45, 7) is 0. The molecule has 3 heteroatoms. The summed E-state index contributed by atoms with van der Waals surface area (Å²) in [6, 6.07) is 12.4. The Morgan fingerprint density at radius 2 is 1.69 bits per heavy atom. The normalized spacial score (nSPS) is 10.2. The van der Waals surface area contributed by atoms with Gasteiger partial charge < -0.3 is 0 Å². The van der Waals surface area contributed by atoms with Gasteiger partial charge in [0.1, 0.15) is 0 Å². The SMILES string of the molecule is O=[N+]([O-])c1ccc2ccccc2c1. The zero-order valence-electron chi connectivity index (χ0n) is 6.81. The number of fused-ring (bicyclic) bond motifs is 1. The Morgan fingerprint density at radius 1 is 1.00 bits per heavy atom. The minimum absolute atomic E-state index is 0.138. The van der Waals surface area contributed by atoms with Crippen LogP contribution in [0.15, 0.2) is 42.5 Å². The zero-order chi connectivity index (χ0) is 9.26. The van der Waals surface area contributed by atoms with Crippen LogP contribution >= 0.6 is 0 Å². The highest BCUT2D eigenvalue weighted by molar-refractivity contribution is 5.84. The summed E-state index contributed by atoms with van der Waals surface area (Å²) >= 11 is 0.